The van der Waals surface area contributed by atoms with Gasteiger partial charge in [-0.05, 0) is 0 Å². The minimum absolute atomic E-state index is 0.0660. The maximum Gasteiger partial charge on any atom is 0.269 e. The van der Waals surface area contributed by atoms with Gasteiger partial charge in [0.2, 0.25) is 0 Å². The Balaban J connectivity index is 3.17. The van der Waals surface area contributed by atoms with E-state index in [1.807, 2.05) is 0 Å². The summed E-state index contributed by atoms with van der Waals surface area (Å²) in [6.45, 7) is 0. The molecule has 1 N–H and O–H groups in total. The van der Waals surface area contributed by atoms with Crippen LogP contribution in [0.1, 0.15) is 0 Å². The molecule has 2 rings (SSSR count). The van der Waals surface area contributed by atoms with E-state index in [0.29, 0.717) is 5.39 Å². The summed E-state index contributed by atoms with van der Waals surface area (Å²) in [6.07, 6.45) is 3.00. The molecule has 0 aliphatic rings. The summed E-state index contributed by atoms with van der Waals surface area (Å²) in [6, 6.07) is 0. The Morgan fingerprint density at radius 2 is 2.44 bits per heavy atom. The predicted octanol–water partition coefficient (Wildman–Crippen LogP) is 1.18. The van der Waals surface area contributed by atoms with Crippen LogP contribution in [0, 0.1) is 0 Å². The van der Waals surface area contributed by atoms with Gasteiger partial charge in [-0.1, -0.05) is 11.5 Å². The van der Waals surface area contributed by atoms with E-state index >= 15 is 0 Å². The van der Waals surface area contributed by atoms with Crippen LogP contribution in [0.15, 0.2) is 21.7 Å². The third kappa shape index (κ3) is 0.533. The molecule has 0 aliphatic heterocycles. The lowest BCUT2D eigenvalue weighted by Crippen LogP contribution is -1.93. The number of furan rings is 1. The molecule has 0 spiro atoms. The molecule has 0 aromatic carbocycles. The summed E-state index contributed by atoms with van der Waals surface area (Å²) in [7, 11) is 0. The molecule has 0 radical (unpaired) electrons. The van der Waals surface area contributed by atoms with Crippen LogP contribution in [-0.2, 0) is 0 Å². The number of aromatic amines is 1. The zero-order valence-corrected chi connectivity index (χ0v) is 5.20. The molecule has 46 valence electrons. The highest BCUT2D eigenvalue weighted by atomic mass is 32.1. The fourth-order valence-corrected chi connectivity index (χ4v) is 1.35. The molecule has 0 amide bonds. The summed E-state index contributed by atoms with van der Waals surface area (Å²) in [5, 5.41) is 0.639. The van der Waals surface area contributed by atoms with Gasteiger partial charge in [0.1, 0.15) is 12.5 Å². The van der Waals surface area contributed by atoms with E-state index in [4.69, 9.17) is 4.42 Å². The van der Waals surface area contributed by atoms with E-state index in [1.165, 1.54) is 17.8 Å². The lowest BCUT2D eigenvalue weighted by molar-refractivity contribution is 0.572. The maximum atomic E-state index is 10.7. The largest absolute Gasteiger partial charge is 0.470 e. The van der Waals surface area contributed by atoms with Crippen molar-refractivity contribution >= 4 is 21.6 Å². The van der Waals surface area contributed by atoms with E-state index in [1.54, 1.807) is 6.26 Å². The van der Waals surface area contributed by atoms with Crippen molar-refractivity contribution in [3.05, 3.63) is 22.9 Å². The van der Waals surface area contributed by atoms with E-state index in [0.717, 1.165) is 4.70 Å². The van der Waals surface area contributed by atoms with Gasteiger partial charge in [-0.2, -0.15) is 0 Å². The van der Waals surface area contributed by atoms with Crippen molar-refractivity contribution in [2.45, 2.75) is 0 Å². The van der Waals surface area contributed by atoms with Crippen molar-refractivity contribution in [2.75, 3.05) is 0 Å². The van der Waals surface area contributed by atoms with E-state index in [2.05, 4.69) is 4.37 Å². The van der Waals surface area contributed by atoms with Crippen molar-refractivity contribution < 1.29 is 4.42 Å². The number of aromatic nitrogens is 1. The highest BCUT2D eigenvalue weighted by Gasteiger charge is 2.00. The van der Waals surface area contributed by atoms with Gasteiger partial charge < -0.3 is 4.42 Å². The molecular formula is C5H3NO2S. The molecule has 4 heteroatoms. The Labute approximate surface area is 54.1 Å². The SMILES string of the molecule is O=c1[nH]sc2cocc12. The van der Waals surface area contributed by atoms with Crippen molar-refractivity contribution in [1.29, 1.82) is 0 Å². The Morgan fingerprint density at radius 3 is 3.22 bits per heavy atom. The molecule has 0 saturated heterocycles. The van der Waals surface area contributed by atoms with Crippen LogP contribution < -0.4 is 5.56 Å². The summed E-state index contributed by atoms with van der Waals surface area (Å²) in [5.74, 6) is 0. The minimum atomic E-state index is -0.0660. The Hall–Kier alpha value is -1.03. The molecule has 9 heavy (non-hydrogen) atoms. The topological polar surface area (TPSA) is 46.0 Å². The molecule has 2 aromatic rings. The average Bonchev–Trinajstić information content (AvgIpc) is 2.35. The monoisotopic (exact) mass is 141 g/mol. The molecule has 3 nitrogen and oxygen atoms in total. The van der Waals surface area contributed by atoms with E-state index in [9.17, 15) is 4.79 Å². The van der Waals surface area contributed by atoms with Gasteiger partial charge in [-0.25, -0.2) is 0 Å². The van der Waals surface area contributed by atoms with Crippen molar-refractivity contribution in [3.8, 4) is 0 Å². The van der Waals surface area contributed by atoms with Crippen LogP contribution in [0.4, 0.5) is 0 Å². The highest BCUT2D eigenvalue weighted by molar-refractivity contribution is 7.13. The van der Waals surface area contributed by atoms with Gasteiger partial charge in [0, 0.05) is 0 Å². The predicted molar refractivity (Wildman–Crippen MR) is 34.7 cm³/mol. The van der Waals surface area contributed by atoms with Crippen LogP contribution in [-0.4, -0.2) is 4.37 Å². The van der Waals surface area contributed by atoms with Gasteiger partial charge in [0.05, 0.1) is 10.1 Å². The molecule has 2 heterocycles. The lowest BCUT2D eigenvalue weighted by atomic mass is 10.5. The van der Waals surface area contributed by atoms with Crippen LogP contribution in [0.5, 0.6) is 0 Å². The molecule has 0 aliphatic carbocycles. The smallest absolute Gasteiger partial charge is 0.269 e. The van der Waals surface area contributed by atoms with Crippen molar-refractivity contribution in [2.24, 2.45) is 0 Å². The normalized spacial score (nSPS) is 10.7. The van der Waals surface area contributed by atoms with Gasteiger partial charge in [-0.3, -0.25) is 9.17 Å². The fraction of sp³-hybridized carbons (Fsp3) is 0. The third-order valence-corrected chi connectivity index (χ3v) is 1.95. The Kier molecular flexibility index (Phi) is 0.790. The number of rotatable bonds is 0. The third-order valence-electron chi connectivity index (χ3n) is 1.12. The first kappa shape index (κ1) is 4.81. The quantitative estimate of drug-likeness (QED) is 0.598. The van der Waals surface area contributed by atoms with E-state index in [-0.39, 0.29) is 5.56 Å². The van der Waals surface area contributed by atoms with Crippen molar-refractivity contribution in [3.63, 3.8) is 0 Å². The number of hydrogen-bond donors (Lipinski definition) is 1. The number of nitrogens with one attached hydrogen (secondary N) is 1. The second kappa shape index (κ2) is 1.48. The van der Waals surface area contributed by atoms with Gasteiger partial charge in [-0.15, -0.1) is 0 Å². The highest BCUT2D eigenvalue weighted by Crippen LogP contribution is 2.13. The minimum Gasteiger partial charge on any atom is -0.470 e. The molecule has 0 unspecified atom stereocenters. The molecule has 0 atom stereocenters. The zero-order valence-electron chi connectivity index (χ0n) is 4.38. The van der Waals surface area contributed by atoms with Gasteiger partial charge in [0.15, 0.2) is 0 Å². The molecule has 0 fully saturated rings. The zero-order chi connectivity index (χ0) is 6.27. The second-order valence-electron chi connectivity index (χ2n) is 1.68. The van der Waals surface area contributed by atoms with Crippen LogP contribution >= 0.6 is 11.5 Å². The summed E-state index contributed by atoms with van der Waals surface area (Å²) in [5.41, 5.74) is -0.0660. The Bertz CT molecular complexity index is 369. The molecule has 0 saturated carbocycles. The second-order valence-corrected chi connectivity index (χ2v) is 2.53. The van der Waals surface area contributed by atoms with Crippen LogP contribution in [0.2, 0.25) is 0 Å². The van der Waals surface area contributed by atoms with Crippen LogP contribution in [0.3, 0.4) is 0 Å². The molecular weight excluding hydrogens is 138 g/mol. The van der Waals surface area contributed by atoms with E-state index < -0.39 is 0 Å². The first-order chi connectivity index (χ1) is 4.38. The van der Waals surface area contributed by atoms with Gasteiger partial charge >= 0.3 is 0 Å². The number of fused-ring (bicyclic) bond motifs is 1. The molecule has 2 aromatic heterocycles. The maximum absolute atomic E-state index is 10.7. The number of H-pyrrole nitrogens is 1. The summed E-state index contributed by atoms with van der Waals surface area (Å²) < 4.78 is 8.23. The first-order valence-electron chi connectivity index (χ1n) is 2.41. The summed E-state index contributed by atoms with van der Waals surface area (Å²) in [4.78, 5) is 10.7. The fourth-order valence-electron chi connectivity index (χ4n) is 0.686. The van der Waals surface area contributed by atoms with Crippen LogP contribution in [0.25, 0.3) is 10.1 Å². The van der Waals surface area contributed by atoms with Crippen molar-refractivity contribution in [1.82, 2.24) is 4.37 Å². The standard InChI is InChI=1S/C5H3NO2S/c7-5-3-1-8-2-4(3)9-6-5/h1-2H,(H,6,7). The Morgan fingerprint density at radius 1 is 1.56 bits per heavy atom. The lowest BCUT2D eigenvalue weighted by Gasteiger charge is -1.61. The first-order valence-corrected chi connectivity index (χ1v) is 3.23. The summed E-state index contributed by atoms with van der Waals surface area (Å²) >= 11 is 1.29. The number of hydrogen-bond acceptors (Lipinski definition) is 3. The molecule has 0 bridgehead atoms. The van der Waals surface area contributed by atoms with Gasteiger partial charge in [0.25, 0.3) is 5.56 Å². The average molecular weight is 141 g/mol.